The maximum absolute atomic E-state index is 13.1. The molecule has 0 aliphatic carbocycles. The summed E-state index contributed by atoms with van der Waals surface area (Å²) in [6, 6.07) is 10.8. The van der Waals surface area contributed by atoms with Crippen LogP contribution in [0.2, 0.25) is 0 Å². The van der Waals surface area contributed by atoms with Crippen LogP contribution in [0.1, 0.15) is 20.7 Å². The fourth-order valence-corrected chi connectivity index (χ4v) is 3.32. The lowest BCUT2D eigenvalue weighted by molar-refractivity contribution is -0.385. The van der Waals surface area contributed by atoms with Crippen molar-refractivity contribution in [2.45, 2.75) is 0 Å². The second-order valence-electron chi connectivity index (χ2n) is 6.36. The number of carbonyl (C=O) groups excluding carboxylic acids is 2. The van der Waals surface area contributed by atoms with E-state index in [1.165, 1.54) is 7.11 Å². The molecule has 0 atom stereocenters. The molecule has 0 aromatic heterocycles. The standard InChI is InChI=1S/C19H12N4O7/c1-30-16-5-3-2-4-15(16)20-21-18(24)13-8-11(22(26)27)6-10-7-12(23(28)29)9-14(17(10)13)19(21)25/h2-9,20H,1H3. The quantitative estimate of drug-likeness (QED) is 0.384. The smallest absolute Gasteiger partial charge is 0.280 e. The minimum absolute atomic E-state index is 0.0574. The van der Waals surface area contributed by atoms with Crippen molar-refractivity contribution < 1.29 is 24.2 Å². The number of methoxy groups -OCH3 is 1. The second-order valence-corrected chi connectivity index (χ2v) is 6.36. The molecule has 3 aromatic carbocycles. The second kappa shape index (κ2) is 6.81. The number of hydrogen-bond donors (Lipinski definition) is 1. The van der Waals surface area contributed by atoms with Crippen molar-refractivity contribution in [2.24, 2.45) is 0 Å². The fourth-order valence-electron chi connectivity index (χ4n) is 3.32. The van der Waals surface area contributed by atoms with E-state index in [0.29, 0.717) is 10.8 Å². The number of carbonyl (C=O) groups is 2. The number of non-ortho nitro benzene ring substituents is 2. The van der Waals surface area contributed by atoms with Crippen LogP contribution >= 0.6 is 0 Å². The molecule has 0 saturated carbocycles. The van der Waals surface area contributed by atoms with Crippen LogP contribution in [0.5, 0.6) is 5.75 Å². The van der Waals surface area contributed by atoms with Crippen molar-refractivity contribution in [2.75, 3.05) is 12.5 Å². The molecule has 150 valence electrons. The van der Waals surface area contributed by atoms with Gasteiger partial charge in [-0.2, -0.15) is 5.01 Å². The minimum Gasteiger partial charge on any atom is -0.495 e. The van der Waals surface area contributed by atoms with Gasteiger partial charge in [-0.3, -0.25) is 35.2 Å². The topological polar surface area (TPSA) is 145 Å². The van der Waals surface area contributed by atoms with E-state index in [1.807, 2.05) is 0 Å². The zero-order valence-corrected chi connectivity index (χ0v) is 15.3. The first-order chi connectivity index (χ1) is 14.3. The Labute approximate surface area is 167 Å². The summed E-state index contributed by atoms with van der Waals surface area (Å²) in [5.41, 5.74) is 1.85. The van der Waals surface area contributed by atoms with Gasteiger partial charge in [0.1, 0.15) is 5.75 Å². The molecule has 0 bridgehead atoms. The van der Waals surface area contributed by atoms with E-state index in [9.17, 15) is 29.8 Å². The monoisotopic (exact) mass is 408 g/mol. The lowest BCUT2D eigenvalue weighted by Crippen LogP contribution is -2.44. The molecule has 0 fully saturated rings. The number of para-hydroxylation sites is 2. The van der Waals surface area contributed by atoms with E-state index in [2.05, 4.69) is 5.43 Å². The number of nitrogens with one attached hydrogen (secondary N) is 1. The van der Waals surface area contributed by atoms with Crippen molar-refractivity contribution in [3.05, 3.63) is 79.9 Å². The molecule has 0 spiro atoms. The van der Waals surface area contributed by atoms with Crippen molar-refractivity contribution in [3.63, 3.8) is 0 Å². The van der Waals surface area contributed by atoms with Crippen LogP contribution in [0, 0.1) is 20.2 Å². The molecule has 1 aliphatic heterocycles. The van der Waals surface area contributed by atoms with Crippen LogP contribution in [-0.2, 0) is 0 Å². The lowest BCUT2D eigenvalue weighted by atomic mass is 9.93. The number of nitro groups is 2. The van der Waals surface area contributed by atoms with Gasteiger partial charge in [-0.25, -0.2) is 0 Å². The molecule has 11 heteroatoms. The third-order valence-corrected chi connectivity index (χ3v) is 4.65. The molecule has 1 heterocycles. The Hall–Kier alpha value is -4.54. The Kier molecular flexibility index (Phi) is 4.27. The molecule has 30 heavy (non-hydrogen) atoms. The highest BCUT2D eigenvalue weighted by Crippen LogP contribution is 2.37. The summed E-state index contributed by atoms with van der Waals surface area (Å²) >= 11 is 0. The molecule has 4 rings (SSSR count). The van der Waals surface area contributed by atoms with Gasteiger partial charge in [0.15, 0.2) is 0 Å². The van der Waals surface area contributed by atoms with Crippen LogP contribution in [0.25, 0.3) is 10.8 Å². The number of hydrazine groups is 1. The Morgan fingerprint density at radius 1 is 0.900 bits per heavy atom. The third-order valence-electron chi connectivity index (χ3n) is 4.65. The summed E-state index contributed by atoms with van der Waals surface area (Å²) in [6.07, 6.45) is 0. The van der Waals surface area contributed by atoms with Crippen LogP contribution in [0.4, 0.5) is 17.1 Å². The van der Waals surface area contributed by atoms with E-state index in [1.54, 1.807) is 24.3 Å². The van der Waals surface area contributed by atoms with Crippen LogP contribution in [0.3, 0.4) is 0 Å². The van der Waals surface area contributed by atoms with Gasteiger partial charge in [0.25, 0.3) is 23.2 Å². The molecular formula is C19H12N4O7. The summed E-state index contributed by atoms with van der Waals surface area (Å²) in [4.78, 5) is 47.3. The van der Waals surface area contributed by atoms with Gasteiger partial charge in [0, 0.05) is 29.7 Å². The number of nitrogens with zero attached hydrogens (tertiary/aromatic N) is 3. The summed E-state index contributed by atoms with van der Waals surface area (Å²) in [7, 11) is 1.41. The largest absolute Gasteiger partial charge is 0.495 e. The maximum atomic E-state index is 13.1. The number of hydrogen-bond acceptors (Lipinski definition) is 8. The first-order valence-corrected chi connectivity index (χ1v) is 8.51. The van der Waals surface area contributed by atoms with Gasteiger partial charge >= 0.3 is 0 Å². The van der Waals surface area contributed by atoms with Gasteiger partial charge in [0.2, 0.25) is 0 Å². The Morgan fingerprint density at radius 2 is 1.43 bits per heavy atom. The third kappa shape index (κ3) is 2.85. The number of anilines is 1. The number of rotatable bonds is 5. The number of ether oxygens (including phenoxy) is 1. The average molecular weight is 408 g/mol. The molecule has 3 aromatic rings. The summed E-state index contributed by atoms with van der Waals surface area (Å²) in [5, 5.41) is 23.5. The highest BCUT2D eigenvalue weighted by molar-refractivity contribution is 6.26. The zero-order chi connectivity index (χ0) is 21.6. The van der Waals surface area contributed by atoms with Crippen molar-refractivity contribution >= 4 is 39.6 Å². The minimum atomic E-state index is -0.832. The van der Waals surface area contributed by atoms with E-state index in [-0.39, 0.29) is 27.6 Å². The normalized spacial score (nSPS) is 12.8. The lowest BCUT2D eigenvalue weighted by Gasteiger charge is -2.28. The molecule has 1 N–H and O–H groups in total. The van der Waals surface area contributed by atoms with Gasteiger partial charge in [0.05, 0.1) is 33.8 Å². The number of amides is 2. The molecule has 1 aliphatic rings. The Bertz CT molecular complexity index is 1200. The van der Waals surface area contributed by atoms with Crippen LogP contribution in [0.15, 0.2) is 48.5 Å². The van der Waals surface area contributed by atoms with Crippen LogP contribution < -0.4 is 10.2 Å². The zero-order valence-electron chi connectivity index (χ0n) is 15.3. The predicted octanol–water partition coefficient (Wildman–Crippen LogP) is 3.29. The highest BCUT2D eigenvalue weighted by Gasteiger charge is 2.36. The SMILES string of the molecule is COc1ccccc1NN1C(=O)c2cc([N+](=O)[O-])cc3cc([N+](=O)[O-])cc(c23)C1=O. The van der Waals surface area contributed by atoms with E-state index in [4.69, 9.17) is 4.74 Å². The molecule has 0 unspecified atom stereocenters. The van der Waals surface area contributed by atoms with Crippen LogP contribution in [-0.4, -0.2) is 33.8 Å². The Morgan fingerprint density at radius 3 is 1.93 bits per heavy atom. The fraction of sp³-hybridized carbons (Fsp3) is 0.0526. The first kappa shape index (κ1) is 18.8. The van der Waals surface area contributed by atoms with E-state index >= 15 is 0 Å². The molecule has 0 saturated heterocycles. The average Bonchev–Trinajstić information content (AvgIpc) is 2.74. The Balaban J connectivity index is 1.94. The molecular weight excluding hydrogens is 396 g/mol. The molecule has 0 radical (unpaired) electrons. The van der Waals surface area contributed by atoms with Crippen molar-refractivity contribution in [1.29, 1.82) is 0 Å². The number of nitro benzene ring substituents is 2. The molecule has 2 amide bonds. The first-order valence-electron chi connectivity index (χ1n) is 8.51. The summed E-state index contributed by atoms with van der Waals surface area (Å²) < 4.78 is 5.20. The molecule has 11 nitrogen and oxygen atoms in total. The van der Waals surface area contributed by atoms with Crippen molar-refractivity contribution in [3.8, 4) is 5.75 Å². The summed E-state index contributed by atoms with van der Waals surface area (Å²) in [5.74, 6) is -1.32. The maximum Gasteiger partial charge on any atom is 0.280 e. The summed E-state index contributed by atoms with van der Waals surface area (Å²) in [6.45, 7) is 0. The van der Waals surface area contributed by atoms with E-state index < -0.39 is 33.0 Å². The predicted molar refractivity (Wildman–Crippen MR) is 104 cm³/mol. The van der Waals surface area contributed by atoms with E-state index in [0.717, 1.165) is 24.3 Å². The van der Waals surface area contributed by atoms with Gasteiger partial charge in [-0.15, -0.1) is 0 Å². The van der Waals surface area contributed by atoms with Gasteiger partial charge in [-0.05, 0) is 17.5 Å². The van der Waals surface area contributed by atoms with Crippen molar-refractivity contribution in [1.82, 2.24) is 5.01 Å². The highest BCUT2D eigenvalue weighted by atomic mass is 16.6. The number of benzene rings is 3. The number of imide groups is 1. The van der Waals surface area contributed by atoms with Gasteiger partial charge in [-0.1, -0.05) is 12.1 Å². The van der Waals surface area contributed by atoms with Gasteiger partial charge < -0.3 is 4.74 Å².